The van der Waals surface area contributed by atoms with E-state index < -0.39 is 0 Å². The lowest BCUT2D eigenvalue weighted by molar-refractivity contribution is 0.530. The smallest absolute Gasteiger partial charge is 0.130 e. The molecular formula is C13H15N3. The number of imidazole rings is 1. The van der Waals surface area contributed by atoms with E-state index in [0.29, 0.717) is 0 Å². The van der Waals surface area contributed by atoms with Crippen LogP contribution in [0.3, 0.4) is 0 Å². The van der Waals surface area contributed by atoms with Crippen molar-refractivity contribution in [1.29, 1.82) is 0 Å². The van der Waals surface area contributed by atoms with Gasteiger partial charge in [-0.05, 0) is 17.5 Å². The van der Waals surface area contributed by atoms with E-state index in [1.807, 2.05) is 19.4 Å². The quantitative estimate of drug-likeness (QED) is 0.780. The number of benzene rings is 1. The molecule has 1 aliphatic heterocycles. The Hall–Kier alpha value is -1.61. The highest BCUT2D eigenvalue weighted by Gasteiger charge is 2.23. The number of fused-ring (bicyclic) bond motifs is 1. The minimum Gasteiger partial charge on any atom is -0.336 e. The van der Waals surface area contributed by atoms with Crippen molar-refractivity contribution >= 4 is 0 Å². The maximum atomic E-state index is 4.44. The van der Waals surface area contributed by atoms with Gasteiger partial charge in [0.2, 0.25) is 0 Å². The summed E-state index contributed by atoms with van der Waals surface area (Å²) in [6.07, 6.45) is 4.96. The van der Waals surface area contributed by atoms with E-state index in [-0.39, 0.29) is 6.04 Å². The van der Waals surface area contributed by atoms with Crippen molar-refractivity contribution < 1.29 is 0 Å². The molecule has 3 heteroatoms. The van der Waals surface area contributed by atoms with Crippen LogP contribution in [0, 0.1) is 0 Å². The number of aryl methyl sites for hydroxylation is 1. The first-order chi connectivity index (χ1) is 7.86. The van der Waals surface area contributed by atoms with Gasteiger partial charge >= 0.3 is 0 Å². The van der Waals surface area contributed by atoms with Gasteiger partial charge < -0.3 is 9.88 Å². The third kappa shape index (κ3) is 1.44. The third-order valence-electron chi connectivity index (χ3n) is 3.23. The molecule has 1 aliphatic rings. The molecule has 0 radical (unpaired) electrons. The van der Waals surface area contributed by atoms with E-state index in [0.717, 1.165) is 18.8 Å². The van der Waals surface area contributed by atoms with Crippen LogP contribution in [0.25, 0.3) is 0 Å². The molecule has 82 valence electrons. The first-order valence-corrected chi connectivity index (χ1v) is 5.64. The molecule has 0 fully saturated rings. The molecule has 0 spiro atoms. The number of hydrogen-bond donors (Lipinski definition) is 1. The van der Waals surface area contributed by atoms with Crippen LogP contribution in [0.4, 0.5) is 0 Å². The van der Waals surface area contributed by atoms with E-state index in [9.17, 15) is 0 Å². The molecular weight excluding hydrogens is 198 g/mol. The Morgan fingerprint density at radius 1 is 1.38 bits per heavy atom. The van der Waals surface area contributed by atoms with Gasteiger partial charge in [0.25, 0.3) is 0 Å². The lowest BCUT2D eigenvalue weighted by atomic mass is 9.94. The highest BCUT2D eigenvalue weighted by Crippen LogP contribution is 2.26. The van der Waals surface area contributed by atoms with Gasteiger partial charge in [0.15, 0.2) is 0 Å². The average molecular weight is 213 g/mol. The summed E-state index contributed by atoms with van der Waals surface area (Å²) >= 11 is 0. The summed E-state index contributed by atoms with van der Waals surface area (Å²) in [6.45, 7) is 1.02. The molecule has 0 amide bonds. The Bertz CT molecular complexity index is 501. The molecule has 0 saturated carbocycles. The summed E-state index contributed by atoms with van der Waals surface area (Å²) in [4.78, 5) is 4.44. The lowest BCUT2D eigenvalue weighted by Gasteiger charge is -2.26. The molecule has 0 bridgehead atoms. The molecule has 16 heavy (non-hydrogen) atoms. The van der Waals surface area contributed by atoms with Crippen molar-refractivity contribution in [2.75, 3.05) is 6.54 Å². The average Bonchev–Trinajstić information content (AvgIpc) is 2.75. The van der Waals surface area contributed by atoms with Crippen LogP contribution in [0.1, 0.15) is 23.0 Å². The SMILES string of the molecule is Cn1ccnc1C1NCCc2ccccc21. The molecule has 1 atom stereocenters. The number of aromatic nitrogens is 2. The van der Waals surface area contributed by atoms with E-state index in [1.54, 1.807) is 0 Å². The van der Waals surface area contributed by atoms with Crippen LogP contribution < -0.4 is 5.32 Å². The van der Waals surface area contributed by atoms with Crippen molar-refractivity contribution in [1.82, 2.24) is 14.9 Å². The van der Waals surface area contributed by atoms with E-state index in [2.05, 4.69) is 39.1 Å². The van der Waals surface area contributed by atoms with Gasteiger partial charge in [0, 0.05) is 26.0 Å². The van der Waals surface area contributed by atoms with Gasteiger partial charge in [-0.15, -0.1) is 0 Å². The number of nitrogens with one attached hydrogen (secondary N) is 1. The number of hydrogen-bond acceptors (Lipinski definition) is 2. The van der Waals surface area contributed by atoms with E-state index in [4.69, 9.17) is 0 Å². The highest BCUT2D eigenvalue weighted by atomic mass is 15.1. The summed E-state index contributed by atoms with van der Waals surface area (Å²) < 4.78 is 2.08. The van der Waals surface area contributed by atoms with Crippen molar-refractivity contribution in [2.45, 2.75) is 12.5 Å². The van der Waals surface area contributed by atoms with E-state index >= 15 is 0 Å². The first-order valence-electron chi connectivity index (χ1n) is 5.64. The maximum Gasteiger partial charge on any atom is 0.130 e. The molecule has 3 rings (SSSR count). The summed E-state index contributed by atoms with van der Waals surface area (Å²) in [7, 11) is 2.04. The largest absolute Gasteiger partial charge is 0.336 e. The zero-order valence-corrected chi connectivity index (χ0v) is 9.35. The molecule has 2 aromatic rings. The Morgan fingerprint density at radius 3 is 3.06 bits per heavy atom. The fourth-order valence-corrected chi connectivity index (χ4v) is 2.39. The van der Waals surface area contributed by atoms with Crippen molar-refractivity contribution in [2.24, 2.45) is 7.05 Å². The Balaban J connectivity index is 2.08. The summed E-state index contributed by atoms with van der Waals surface area (Å²) in [5, 5.41) is 3.54. The molecule has 2 heterocycles. The Kier molecular flexibility index (Phi) is 2.26. The van der Waals surface area contributed by atoms with Crippen molar-refractivity contribution in [3.63, 3.8) is 0 Å². The van der Waals surface area contributed by atoms with Gasteiger partial charge in [-0.3, -0.25) is 0 Å². The molecule has 0 aliphatic carbocycles. The van der Waals surface area contributed by atoms with Crippen LogP contribution in [0.5, 0.6) is 0 Å². The minimum atomic E-state index is 0.241. The summed E-state index contributed by atoms with van der Waals surface area (Å²) in [5.74, 6) is 1.09. The zero-order valence-electron chi connectivity index (χ0n) is 9.35. The minimum absolute atomic E-state index is 0.241. The van der Waals surface area contributed by atoms with Crippen LogP contribution in [0.2, 0.25) is 0 Å². The fourth-order valence-electron chi connectivity index (χ4n) is 2.39. The lowest BCUT2D eigenvalue weighted by Crippen LogP contribution is -2.32. The molecule has 1 aromatic heterocycles. The zero-order chi connectivity index (χ0) is 11.0. The molecule has 1 aromatic carbocycles. The number of rotatable bonds is 1. The first kappa shape index (κ1) is 9.60. The number of nitrogens with zero attached hydrogens (tertiary/aromatic N) is 2. The van der Waals surface area contributed by atoms with Gasteiger partial charge in [-0.2, -0.15) is 0 Å². The van der Waals surface area contributed by atoms with Crippen LogP contribution in [0.15, 0.2) is 36.7 Å². The van der Waals surface area contributed by atoms with Gasteiger partial charge in [0.1, 0.15) is 5.82 Å². The molecule has 3 nitrogen and oxygen atoms in total. The summed E-state index contributed by atoms with van der Waals surface area (Å²) in [5.41, 5.74) is 2.80. The topological polar surface area (TPSA) is 29.9 Å². The Labute approximate surface area is 95.1 Å². The maximum absolute atomic E-state index is 4.44. The monoisotopic (exact) mass is 213 g/mol. The predicted molar refractivity (Wildman–Crippen MR) is 63.2 cm³/mol. The van der Waals surface area contributed by atoms with Gasteiger partial charge in [-0.1, -0.05) is 24.3 Å². The molecule has 1 unspecified atom stereocenters. The van der Waals surface area contributed by atoms with Gasteiger partial charge in [-0.25, -0.2) is 4.98 Å². The molecule has 0 saturated heterocycles. The second-order valence-electron chi connectivity index (χ2n) is 4.23. The van der Waals surface area contributed by atoms with Crippen LogP contribution in [-0.4, -0.2) is 16.1 Å². The Morgan fingerprint density at radius 2 is 2.25 bits per heavy atom. The van der Waals surface area contributed by atoms with Crippen LogP contribution in [-0.2, 0) is 13.5 Å². The standard InChI is InChI=1S/C13H15N3/c1-16-9-8-15-13(16)12-11-5-3-2-4-10(11)6-7-14-12/h2-5,8-9,12,14H,6-7H2,1H3. The third-order valence-corrected chi connectivity index (χ3v) is 3.23. The van der Waals surface area contributed by atoms with Crippen molar-refractivity contribution in [3.05, 3.63) is 53.6 Å². The normalized spacial score (nSPS) is 19.4. The van der Waals surface area contributed by atoms with E-state index in [1.165, 1.54) is 11.1 Å². The summed E-state index contributed by atoms with van der Waals surface area (Å²) in [6, 6.07) is 8.86. The van der Waals surface area contributed by atoms with Gasteiger partial charge in [0.05, 0.1) is 6.04 Å². The second kappa shape index (κ2) is 3.76. The van der Waals surface area contributed by atoms with Crippen molar-refractivity contribution in [3.8, 4) is 0 Å². The van der Waals surface area contributed by atoms with Crippen LogP contribution >= 0.6 is 0 Å². The predicted octanol–water partition coefficient (Wildman–Crippen LogP) is 1.66. The second-order valence-corrected chi connectivity index (χ2v) is 4.23. The highest BCUT2D eigenvalue weighted by molar-refractivity contribution is 5.36. The fraction of sp³-hybridized carbons (Fsp3) is 0.308. The molecule has 1 N–H and O–H groups in total.